The Bertz CT molecular complexity index is 1450. The number of ether oxygens (including phenoxy) is 7. The number of methoxy groups -OCH3 is 1. The summed E-state index contributed by atoms with van der Waals surface area (Å²) in [6.07, 6.45) is 2.41. The molecular formula is C36H48O11. The van der Waals surface area contributed by atoms with Crippen LogP contribution in [0.25, 0.3) is 0 Å². The summed E-state index contributed by atoms with van der Waals surface area (Å²) >= 11 is 0. The first-order valence-corrected chi connectivity index (χ1v) is 16.7. The molecule has 2 saturated heterocycles. The standard InChI is InChI=1S/C36H48O11/c1-10-17(2)32(39)47-31-29-30-34(6,16-43-29)25(44-19(4)37)15-26(45-20(5)38)35(30,7)24-14-27(41-9)46-23-13-22(21-11-12-42-33(21)40)18(3)28(23)36(24,31)8/h10-12,21-27,29-31H,13-16H2,1-9H3/b17-10+/t21-,22-,23+,24-,25-,26+,27-,29-,30+,31-,34-,35+,36-/m1/s1. The lowest BCUT2D eigenvalue weighted by molar-refractivity contribution is -0.262. The third-order valence-corrected chi connectivity index (χ3v) is 12.7. The van der Waals surface area contributed by atoms with Crippen LogP contribution in [-0.2, 0) is 52.3 Å². The van der Waals surface area contributed by atoms with Crippen molar-refractivity contribution in [1.29, 1.82) is 0 Å². The van der Waals surface area contributed by atoms with Crippen molar-refractivity contribution in [3.63, 3.8) is 0 Å². The van der Waals surface area contributed by atoms with Crippen LogP contribution in [0.4, 0.5) is 0 Å². The largest absolute Gasteiger partial charge is 0.462 e. The van der Waals surface area contributed by atoms with E-state index in [2.05, 4.69) is 20.8 Å². The van der Waals surface area contributed by atoms with Crippen molar-refractivity contribution in [2.24, 2.45) is 39.9 Å². The second-order valence-electron chi connectivity index (χ2n) is 14.9. The molecule has 0 radical (unpaired) electrons. The van der Waals surface area contributed by atoms with Gasteiger partial charge in [0.1, 0.15) is 18.3 Å². The molecule has 0 aromatic rings. The highest BCUT2D eigenvalue weighted by Gasteiger charge is 2.78. The molecule has 0 bridgehead atoms. The zero-order valence-corrected chi connectivity index (χ0v) is 28.8. The molecule has 2 saturated carbocycles. The molecule has 11 heteroatoms. The van der Waals surface area contributed by atoms with E-state index in [0.29, 0.717) is 18.4 Å². The third-order valence-electron chi connectivity index (χ3n) is 12.7. The van der Waals surface area contributed by atoms with Crippen LogP contribution in [0.5, 0.6) is 0 Å². The van der Waals surface area contributed by atoms with Crippen molar-refractivity contribution >= 4 is 23.9 Å². The van der Waals surface area contributed by atoms with Crippen molar-refractivity contribution in [1.82, 2.24) is 0 Å². The molecule has 47 heavy (non-hydrogen) atoms. The van der Waals surface area contributed by atoms with Crippen LogP contribution in [0.15, 0.2) is 35.1 Å². The van der Waals surface area contributed by atoms with Gasteiger partial charge in [0, 0.05) is 61.5 Å². The van der Waals surface area contributed by atoms with Crippen molar-refractivity contribution in [2.75, 3.05) is 13.7 Å². The average molecular weight is 657 g/mol. The van der Waals surface area contributed by atoms with Crippen molar-refractivity contribution < 1.29 is 52.3 Å². The Hall–Kier alpha value is -3.02. The van der Waals surface area contributed by atoms with E-state index in [4.69, 9.17) is 33.2 Å². The highest BCUT2D eigenvalue weighted by molar-refractivity contribution is 5.88. The molecule has 0 aromatic heterocycles. The molecule has 258 valence electrons. The van der Waals surface area contributed by atoms with Gasteiger partial charge in [-0.1, -0.05) is 32.4 Å². The topological polar surface area (TPSA) is 133 Å². The quantitative estimate of drug-likeness (QED) is 0.172. The summed E-state index contributed by atoms with van der Waals surface area (Å²) in [6, 6.07) is 0. The van der Waals surface area contributed by atoms with Gasteiger partial charge in [0.05, 0.1) is 31.0 Å². The Morgan fingerprint density at radius 1 is 0.979 bits per heavy atom. The van der Waals surface area contributed by atoms with Gasteiger partial charge < -0.3 is 33.2 Å². The Balaban J connectivity index is 1.61. The molecule has 3 heterocycles. The summed E-state index contributed by atoms with van der Waals surface area (Å²) < 4.78 is 43.5. The molecule has 11 nitrogen and oxygen atoms in total. The van der Waals surface area contributed by atoms with E-state index >= 15 is 0 Å². The third kappa shape index (κ3) is 4.93. The van der Waals surface area contributed by atoms with Crippen molar-refractivity contribution in [2.45, 2.75) is 111 Å². The molecule has 4 fully saturated rings. The van der Waals surface area contributed by atoms with Gasteiger partial charge >= 0.3 is 23.9 Å². The highest BCUT2D eigenvalue weighted by Crippen LogP contribution is 2.72. The monoisotopic (exact) mass is 656 g/mol. The first-order valence-electron chi connectivity index (χ1n) is 16.7. The fraction of sp³-hybridized carbons (Fsp3) is 0.722. The minimum absolute atomic E-state index is 0.202. The maximum absolute atomic E-state index is 13.7. The van der Waals surface area contributed by atoms with E-state index in [1.807, 2.05) is 6.92 Å². The molecule has 0 N–H and O–H groups in total. The summed E-state index contributed by atoms with van der Waals surface area (Å²) in [4.78, 5) is 51.8. The van der Waals surface area contributed by atoms with Gasteiger partial charge in [-0.25, -0.2) is 4.79 Å². The molecular weight excluding hydrogens is 608 g/mol. The van der Waals surface area contributed by atoms with Gasteiger partial charge in [0.15, 0.2) is 6.29 Å². The first kappa shape index (κ1) is 33.9. The Labute approximate surface area is 276 Å². The predicted molar refractivity (Wildman–Crippen MR) is 166 cm³/mol. The molecule has 6 rings (SSSR count). The number of carbonyl (C=O) groups excluding carboxylic acids is 4. The summed E-state index contributed by atoms with van der Waals surface area (Å²) in [5.74, 6) is -2.99. The molecule has 0 unspecified atom stereocenters. The summed E-state index contributed by atoms with van der Waals surface area (Å²) in [5.41, 5.74) is 0.0501. The normalized spacial score (nSPS) is 45.4. The summed E-state index contributed by atoms with van der Waals surface area (Å²) in [7, 11) is 1.61. The Kier molecular flexibility index (Phi) is 8.53. The fourth-order valence-corrected chi connectivity index (χ4v) is 10.6. The van der Waals surface area contributed by atoms with Crippen LogP contribution in [0.2, 0.25) is 0 Å². The number of rotatable bonds is 6. The first-order chi connectivity index (χ1) is 22.1. The van der Waals surface area contributed by atoms with E-state index in [1.165, 1.54) is 20.1 Å². The van der Waals surface area contributed by atoms with E-state index in [9.17, 15) is 19.2 Å². The number of hydrogen-bond acceptors (Lipinski definition) is 11. The van der Waals surface area contributed by atoms with Crippen LogP contribution in [0.1, 0.15) is 74.7 Å². The number of fused-ring (bicyclic) bond motifs is 4. The molecule has 0 aromatic carbocycles. The van der Waals surface area contributed by atoms with E-state index in [1.54, 1.807) is 33.1 Å². The van der Waals surface area contributed by atoms with Crippen LogP contribution in [0, 0.1) is 39.9 Å². The fourth-order valence-electron chi connectivity index (χ4n) is 10.6. The SMILES string of the molecule is C/C=C(\C)C(=O)O[C@@H]1[C@@H]2OC[C@]3(C)[C@H](OC(C)=O)C[C@H](OC(C)=O)[C@@](C)([C@@H]23)[C@H]2C[C@H](OC)O[C@H]3C[C@@H]([C@H]4C=COC4=O)C(C)=C3[C@]12C. The number of cyclic esters (lactones) is 1. The lowest BCUT2D eigenvalue weighted by atomic mass is 9.39. The minimum atomic E-state index is -0.902. The van der Waals surface area contributed by atoms with E-state index in [0.717, 1.165) is 11.1 Å². The number of allylic oxidation sites excluding steroid dienone is 2. The number of carbonyl (C=O) groups is 4. The minimum Gasteiger partial charge on any atom is -0.462 e. The maximum Gasteiger partial charge on any atom is 0.333 e. The summed E-state index contributed by atoms with van der Waals surface area (Å²) in [5, 5.41) is 0. The molecule has 13 atom stereocenters. The average Bonchev–Trinajstić information content (AvgIpc) is 3.67. The van der Waals surface area contributed by atoms with E-state index < -0.39 is 76.9 Å². The van der Waals surface area contributed by atoms with Crippen LogP contribution >= 0.6 is 0 Å². The van der Waals surface area contributed by atoms with Crippen LogP contribution in [0.3, 0.4) is 0 Å². The zero-order valence-electron chi connectivity index (χ0n) is 28.8. The van der Waals surface area contributed by atoms with Crippen molar-refractivity contribution in [3.8, 4) is 0 Å². The maximum atomic E-state index is 13.7. The van der Waals surface area contributed by atoms with E-state index in [-0.39, 0.29) is 36.8 Å². The highest BCUT2D eigenvalue weighted by atomic mass is 16.7. The molecule has 0 spiro atoms. The van der Waals surface area contributed by atoms with Crippen LogP contribution in [-0.4, -0.2) is 74.4 Å². The molecule has 3 aliphatic heterocycles. The van der Waals surface area contributed by atoms with Gasteiger partial charge in [-0.05, 0) is 50.7 Å². The lowest BCUT2D eigenvalue weighted by Gasteiger charge is -2.66. The zero-order chi connectivity index (χ0) is 34.2. The summed E-state index contributed by atoms with van der Waals surface area (Å²) in [6.45, 7) is 14.9. The predicted octanol–water partition coefficient (Wildman–Crippen LogP) is 4.58. The van der Waals surface area contributed by atoms with Crippen LogP contribution < -0.4 is 0 Å². The molecule has 6 aliphatic rings. The Morgan fingerprint density at radius 3 is 2.26 bits per heavy atom. The number of hydrogen-bond donors (Lipinski definition) is 0. The second-order valence-corrected chi connectivity index (χ2v) is 14.9. The molecule has 3 aliphatic carbocycles. The smallest absolute Gasteiger partial charge is 0.333 e. The van der Waals surface area contributed by atoms with Gasteiger partial charge in [0.25, 0.3) is 0 Å². The molecule has 0 amide bonds. The van der Waals surface area contributed by atoms with Gasteiger partial charge in [-0.15, -0.1) is 0 Å². The van der Waals surface area contributed by atoms with Crippen molar-refractivity contribution in [3.05, 3.63) is 35.1 Å². The lowest BCUT2D eigenvalue weighted by Crippen LogP contribution is -2.72. The van der Waals surface area contributed by atoms with Gasteiger partial charge in [0.2, 0.25) is 0 Å². The second kappa shape index (κ2) is 11.8. The Morgan fingerprint density at radius 2 is 1.66 bits per heavy atom. The number of esters is 4. The van der Waals surface area contributed by atoms with Gasteiger partial charge in [-0.3, -0.25) is 14.4 Å². The van der Waals surface area contributed by atoms with Gasteiger partial charge in [-0.2, -0.15) is 0 Å².